The van der Waals surface area contributed by atoms with Crippen LogP contribution in [0.25, 0.3) is 11.0 Å². The van der Waals surface area contributed by atoms with E-state index in [1.54, 1.807) is 0 Å². The number of hydrogen-bond acceptors (Lipinski definition) is 7. The number of nitrogens with one attached hydrogen (secondary N) is 3. The lowest BCUT2D eigenvalue weighted by Crippen LogP contribution is -2.03. The Bertz CT molecular complexity index is 1160. The number of nitrogens with zero attached hydrogens (tertiary/aromatic N) is 3. The molecule has 0 amide bonds. The Morgan fingerprint density at radius 2 is 2.00 bits per heavy atom. The Morgan fingerprint density at radius 3 is 2.93 bits per heavy atom. The summed E-state index contributed by atoms with van der Waals surface area (Å²) < 4.78 is 11.0. The number of ether oxygens (including phenoxy) is 2. The Balaban J connectivity index is 1.45. The van der Waals surface area contributed by atoms with Crippen molar-refractivity contribution < 1.29 is 9.47 Å². The van der Waals surface area contributed by atoms with Gasteiger partial charge in [-0.1, -0.05) is 29.8 Å². The van der Waals surface area contributed by atoms with E-state index >= 15 is 0 Å². The molecule has 4 aromatic rings. The molecule has 0 atom stereocenters. The molecular formula is C19H15ClN6O2. The molecule has 2 aromatic heterocycles. The molecule has 0 radical (unpaired) electrons. The molecule has 8 nitrogen and oxygen atoms in total. The van der Waals surface area contributed by atoms with Gasteiger partial charge < -0.3 is 20.1 Å². The average Bonchev–Trinajstić information content (AvgIpc) is 3.34. The highest BCUT2D eigenvalue weighted by Gasteiger charge is 2.18. The van der Waals surface area contributed by atoms with E-state index in [1.165, 1.54) is 6.33 Å². The molecule has 0 fully saturated rings. The minimum absolute atomic E-state index is 0.235. The van der Waals surface area contributed by atoms with Crippen molar-refractivity contribution >= 4 is 40.0 Å². The predicted octanol–water partition coefficient (Wildman–Crippen LogP) is 4.09. The largest absolute Gasteiger partial charge is 0.454 e. The first kappa shape index (κ1) is 16.6. The van der Waals surface area contributed by atoms with E-state index in [4.69, 9.17) is 21.1 Å². The summed E-state index contributed by atoms with van der Waals surface area (Å²) in [4.78, 5) is 8.62. The first-order valence-electron chi connectivity index (χ1n) is 8.61. The number of aromatic nitrogens is 4. The van der Waals surface area contributed by atoms with Gasteiger partial charge in [0, 0.05) is 22.8 Å². The molecule has 140 valence electrons. The molecule has 3 heterocycles. The third-order valence-electron chi connectivity index (χ3n) is 4.37. The number of para-hydroxylation sites is 1. The number of hydrogen-bond donors (Lipinski definition) is 3. The zero-order valence-electron chi connectivity index (χ0n) is 14.6. The van der Waals surface area contributed by atoms with Crippen molar-refractivity contribution in [3.05, 3.63) is 59.4 Å². The SMILES string of the molecule is Clc1cccc(Nc2ncnc3[nH]nc(NCc4cccc5c4OCO5)c23)c1. The van der Waals surface area contributed by atoms with Crippen LogP contribution in [0.3, 0.4) is 0 Å². The summed E-state index contributed by atoms with van der Waals surface area (Å²) >= 11 is 6.08. The van der Waals surface area contributed by atoms with Gasteiger partial charge in [0.1, 0.15) is 17.5 Å². The van der Waals surface area contributed by atoms with Crippen molar-refractivity contribution in [2.45, 2.75) is 6.54 Å². The third kappa shape index (κ3) is 3.03. The molecule has 0 spiro atoms. The Morgan fingerprint density at radius 1 is 1.07 bits per heavy atom. The lowest BCUT2D eigenvalue weighted by Gasteiger charge is -2.10. The molecule has 28 heavy (non-hydrogen) atoms. The third-order valence-corrected chi connectivity index (χ3v) is 4.60. The van der Waals surface area contributed by atoms with Crippen molar-refractivity contribution in [2.24, 2.45) is 0 Å². The minimum Gasteiger partial charge on any atom is -0.454 e. The van der Waals surface area contributed by atoms with Crippen LogP contribution in [0.15, 0.2) is 48.8 Å². The summed E-state index contributed by atoms with van der Waals surface area (Å²) in [5, 5.41) is 15.3. The number of anilines is 3. The van der Waals surface area contributed by atoms with Gasteiger partial charge in [-0.15, -0.1) is 0 Å². The molecule has 3 N–H and O–H groups in total. The van der Waals surface area contributed by atoms with Crippen molar-refractivity contribution in [3.63, 3.8) is 0 Å². The Labute approximate surface area is 164 Å². The maximum Gasteiger partial charge on any atom is 0.231 e. The topological polar surface area (TPSA) is 97.0 Å². The van der Waals surface area contributed by atoms with Crippen LogP contribution in [0, 0.1) is 0 Å². The smallest absolute Gasteiger partial charge is 0.231 e. The zero-order valence-corrected chi connectivity index (χ0v) is 15.3. The van der Waals surface area contributed by atoms with Crippen LogP contribution < -0.4 is 20.1 Å². The number of rotatable bonds is 5. The van der Waals surface area contributed by atoms with Crippen LogP contribution in [-0.4, -0.2) is 27.0 Å². The zero-order chi connectivity index (χ0) is 18.9. The quantitative estimate of drug-likeness (QED) is 0.469. The van der Waals surface area contributed by atoms with Crippen molar-refractivity contribution in [1.29, 1.82) is 0 Å². The van der Waals surface area contributed by atoms with Gasteiger partial charge in [0.2, 0.25) is 6.79 Å². The van der Waals surface area contributed by atoms with Gasteiger partial charge in [-0.25, -0.2) is 9.97 Å². The van der Waals surface area contributed by atoms with Crippen molar-refractivity contribution in [1.82, 2.24) is 20.2 Å². The van der Waals surface area contributed by atoms with E-state index in [0.29, 0.717) is 28.9 Å². The summed E-state index contributed by atoms with van der Waals surface area (Å²) in [5.74, 6) is 2.76. The molecule has 1 aliphatic rings. The van der Waals surface area contributed by atoms with Gasteiger partial charge in [-0.3, -0.25) is 5.10 Å². The highest BCUT2D eigenvalue weighted by Crippen LogP contribution is 2.36. The number of fused-ring (bicyclic) bond motifs is 2. The second-order valence-corrected chi connectivity index (χ2v) is 6.59. The van der Waals surface area contributed by atoms with E-state index < -0.39 is 0 Å². The number of aromatic amines is 1. The predicted molar refractivity (Wildman–Crippen MR) is 106 cm³/mol. The van der Waals surface area contributed by atoms with E-state index in [2.05, 4.69) is 30.8 Å². The summed E-state index contributed by atoms with van der Waals surface area (Å²) in [6.07, 6.45) is 1.48. The Kier molecular flexibility index (Phi) is 4.10. The molecule has 0 unspecified atom stereocenters. The van der Waals surface area contributed by atoms with E-state index in [1.807, 2.05) is 42.5 Å². The highest BCUT2D eigenvalue weighted by atomic mass is 35.5. The molecule has 0 saturated carbocycles. The number of halogens is 1. The normalized spacial score (nSPS) is 12.3. The number of benzene rings is 2. The maximum absolute atomic E-state index is 6.08. The Hall–Kier alpha value is -3.52. The van der Waals surface area contributed by atoms with Gasteiger partial charge in [0.05, 0.1) is 0 Å². The number of H-pyrrole nitrogens is 1. The summed E-state index contributed by atoms with van der Waals surface area (Å²) in [6, 6.07) is 13.2. The first-order valence-corrected chi connectivity index (χ1v) is 8.99. The van der Waals surface area contributed by atoms with Gasteiger partial charge in [0.25, 0.3) is 0 Å². The van der Waals surface area contributed by atoms with E-state index in [-0.39, 0.29) is 6.79 Å². The van der Waals surface area contributed by atoms with Crippen LogP contribution in [0.1, 0.15) is 5.56 Å². The van der Waals surface area contributed by atoms with Crippen LogP contribution in [-0.2, 0) is 6.54 Å². The van der Waals surface area contributed by atoms with Crippen molar-refractivity contribution in [2.75, 3.05) is 17.4 Å². The van der Waals surface area contributed by atoms with Crippen LogP contribution >= 0.6 is 11.6 Å². The monoisotopic (exact) mass is 394 g/mol. The molecule has 0 saturated heterocycles. The van der Waals surface area contributed by atoms with Gasteiger partial charge in [-0.2, -0.15) is 5.10 Å². The fourth-order valence-electron chi connectivity index (χ4n) is 3.09. The van der Waals surface area contributed by atoms with Crippen LogP contribution in [0.5, 0.6) is 11.5 Å². The molecule has 0 aliphatic carbocycles. The average molecular weight is 395 g/mol. The molecule has 0 bridgehead atoms. The van der Waals surface area contributed by atoms with Crippen LogP contribution in [0.4, 0.5) is 17.3 Å². The summed E-state index contributed by atoms with van der Waals surface area (Å²) in [6.45, 7) is 0.747. The minimum atomic E-state index is 0.235. The first-order chi connectivity index (χ1) is 13.8. The second-order valence-electron chi connectivity index (χ2n) is 6.16. The van der Waals surface area contributed by atoms with Gasteiger partial charge in [0.15, 0.2) is 23.0 Å². The molecule has 2 aromatic carbocycles. The van der Waals surface area contributed by atoms with E-state index in [9.17, 15) is 0 Å². The lowest BCUT2D eigenvalue weighted by molar-refractivity contribution is 0.173. The summed E-state index contributed by atoms with van der Waals surface area (Å²) in [7, 11) is 0. The fraction of sp³-hybridized carbons (Fsp3) is 0.105. The maximum atomic E-state index is 6.08. The lowest BCUT2D eigenvalue weighted by atomic mass is 10.2. The second kappa shape index (κ2) is 6.90. The fourth-order valence-corrected chi connectivity index (χ4v) is 3.28. The van der Waals surface area contributed by atoms with E-state index in [0.717, 1.165) is 28.1 Å². The molecule has 5 rings (SSSR count). The van der Waals surface area contributed by atoms with Crippen LogP contribution in [0.2, 0.25) is 5.02 Å². The van der Waals surface area contributed by atoms with Gasteiger partial charge >= 0.3 is 0 Å². The van der Waals surface area contributed by atoms with Gasteiger partial charge in [-0.05, 0) is 24.3 Å². The van der Waals surface area contributed by atoms with Crippen molar-refractivity contribution in [3.8, 4) is 11.5 Å². The summed E-state index contributed by atoms with van der Waals surface area (Å²) in [5.41, 5.74) is 2.43. The highest BCUT2D eigenvalue weighted by molar-refractivity contribution is 6.30. The molecule has 9 heteroatoms. The standard InChI is InChI=1S/C19H15ClN6O2/c20-12-4-2-5-13(7-12)24-17-15-18(25-26-19(15)23-9-22-17)21-8-11-3-1-6-14-16(11)28-10-27-14/h1-7,9H,8,10H2,(H3,21,22,23,24,25,26). The molecule has 1 aliphatic heterocycles. The molecular weight excluding hydrogens is 380 g/mol.